The Balaban J connectivity index is 1.73. The zero-order chi connectivity index (χ0) is 13.5. The number of halogens is 1. The van der Waals surface area contributed by atoms with E-state index in [-0.39, 0.29) is 0 Å². The average molecular weight is 317 g/mol. The van der Waals surface area contributed by atoms with Crippen LogP contribution in [0.3, 0.4) is 0 Å². The Hall–Kier alpha value is -1.08. The molecule has 2 aromatic rings. The van der Waals surface area contributed by atoms with Gasteiger partial charge in [-0.15, -0.1) is 0 Å². The first-order valence-electron chi connectivity index (χ1n) is 7.02. The third-order valence-electron chi connectivity index (χ3n) is 3.50. The van der Waals surface area contributed by atoms with Gasteiger partial charge in [-0.3, -0.25) is 0 Å². The summed E-state index contributed by atoms with van der Waals surface area (Å²) in [6.45, 7) is 2.35. The minimum absolute atomic E-state index is 0.755. The SMILES string of the molecule is CC(CCCc1ccccc1)Cc1ccc(Br)cc1. The third-order valence-corrected chi connectivity index (χ3v) is 4.03. The minimum Gasteiger partial charge on any atom is -0.0622 e. The lowest BCUT2D eigenvalue weighted by atomic mass is 9.95. The highest BCUT2D eigenvalue weighted by atomic mass is 79.9. The molecule has 0 spiro atoms. The van der Waals surface area contributed by atoms with Crippen LogP contribution < -0.4 is 0 Å². The van der Waals surface area contributed by atoms with E-state index in [2.05, 4.69) is 77.5 Å². The fraction of sp³-hybridized carbons (Fsp3) is 0.333. The summed E-state index contributed by atoms with van der Waals surface area (Å²) in [5.41, 5.74) is 2.90. The molecular weight excluding hydrogens is 296 g/mol. The predicted octanol–water partition coefficient (Wildman–Crippen LogP) is 5.65. The van der Waals surface area contributed by atoms with Gasteiger partial charge in [-0.2, -0.15) is 0 Å². The molecule has 0 fully saturated rings. The molecule has 0 heterocycles. The summed E-state index contributed by atoms with van der Waals surface area (Å²) in [6.07, 6.45) is 4.96. The summed E-state index contributed by atoms with van der Waals surface area (Å²) in [5, 5.41) is 0. The van der Waals surface area contributed by atoms with Gasteiger partial charge in [0.25, 0.3) is 0 Å². The largest absolute Gasteiger partial charge is 0.0622 e. The van der Waals surface area contributed by atoms with Crippen LogP contribution >= 0.6 is 15.9 Å². The molecule has 0 nitrogen and oxygen atoms in total. The second-order valence-electron chi connectivity index (χ2n) is 5.31. The van der Waals surface area contributed by atoms with E-state index in [9.17, 15) is 0 Å². The van der Waals surface area contributed by atoms with Gasteiger partial charge in [0.05, 0.1) is 0 Å². The summed E-state index contributed by atoms with van der Waals surface area (Å²) in [6, 6.07) is 19.5. The van der Waals surface area contributed by atoms with Crippen LogP contribution in [0.25, 0.3) is 0 Å². The number of hydrogen-bond donors (Lipinski definition) is 0. The smallest absolute Gasteiger partial charge is 0.0175 e. The lowest BCUT2D eigenvalue weighted by Crippen LogP contribution is -2.00. The Morgan fingerprint density at radius 3 is 2.26 bits per heavy atom. The number of benzene rings is 2. The molecule has 0 radical (unpaired) electrons. The van der Waals surface area contributed by atoms with Crippen molar-refractivity contribution in [3.05, 3.63) is 70.2 Å². The van der Waals surface area contributed by atoms with Crippen LogP contribution in [0.2, 0.25) is 0 Å². The van der Waals surface area contributed by atoms with Crippen LogP contribution in [-0.2, 0) is 12.8 Å². The molecule has 0 aliphatic heterocycles. The lowest BCUT2D eigenvalue weighted by Gasteiger charge is -2.11. The predicted molar refractivity (Wildman–Crippen MR) is 86.4 cm³/mol. The molecule has 0 saturated carbocycles. The Morgan fingerprint density at radius 2 is 1.58 bits per heavy atom. The Bertz CT molecular complexity index is 473. The highest BCUT2D eigenvalue weighted by Gasteiger charge is 2.04. The Kier molecular flexibility index (Phi) is 5.65. The van der Waals surface area contributed by atoms with Crippen LogP contribution in [0, 0.1) is 5.92 Å². The number of hydrogen-bond acceptors (Lipinski definition) is 0. The molecule has 2 rings (SSSR count). The normalized spacial score (nSPS) is 12.3. The van der Waals surface area contributed by atoms with Gasteiger partial charge in [-0.05, 0) is 48.4 Å². The summed E-state index contributed by atoms with van der Waals surface area (Å²) in [5.74, 6) is 0.755. The molecular formula is C18H21Br. The van der Waals surface area contributed by atoms with Crippen LogP contribution in [0.15, 0.2) is 59.1 Å². The monoisotopic (exact) mass is 316 g/mol. The molecule has 2 aromatic carbocycles. The van der Waals surface area contributed by atoms with Crippen molar-refractivity contribution in [1.82, 2.24) is 0 Å². The molecule has 19 heavy (non-hydrogen) atoms. The van der Waals surface area contributed by atoms with Crippen molar-refractivity contribution in [2.45, 2.75) is 32.6 Å². The summed E-state index contributed by atoms with van der Waals surface area (Å²) >= 11 is 3.48. The molecule has 0 aromatic heterocycles. The molecule has 1 atom stereocenters. The highest BCUT2D eigenvalue weighted by Crippen LogP contribution is 2.17. The molecule has 0 N–H and O–H groups in total. The topological polar surface area (TPSA) is 0 Å². The van der Waals surface area contributed by atoms with Gasteiger partial charge in [0, 0.05) is 4.47 Å². The fourth-order valence-corrected chi connectivity index (χ4v) is 2.69. The van der Waals surface area contributed by atoms with Crippen molar-refractivity contribution in [2.24, 2.45) is 5.92 Å². The van der Waals surface area contributed by atoms with E-state index in [1.54, 1.807) is 0 Å². The van der Waals surface area contributed by atoms with E-state index in [1.807, 2.05) is 0 Å². The first-order chi connectivity index (χ1) is 9.24. The van der Waals surface area contributed by atoms with Gasteiger partial charge in [0.2, 0.25) is 0 Å². The highest BCUT2D eigenvalue weighted by molar-refractivity contribution is 9.10. The zero-order valence-electron chi connectivity index (χ0n) is 11.5. The van der Waals surface area contributed by atoms with E-state index in [1.165, 1.54) is 36.8 Å². The maximum absolute atomic E-state index is 3.48. The second kappa shape index (κ2) is 7.49. The molecule has 0 aliphatic rings. The Morgan fingerprint density at radius 1 is 0.895 bits per heavy atom. The Labute approximate surface area is 125 Å². The van der Waals surface area contributed by atoms with Gasteiger partial charge in [0.15, 0.2) is 0 Å². The van der Waals surface area contributed by atoms with E-state index in [4.69, 9.17) is 0 Å². The molecule has 0 saturated heterocycles. The first-order valence-corrected chi connectivity index (χ1v) is 7.81. The molecule has 1 unspecified atom stereocenters. The van der Waals surface area contributed by atoms with E-state index < -0.39 is 0 Å². The van der Waals surface area contributed by atoms with Gasteiger partial charge >= 0.3 is 0 Å². The number of aryl methyl sites for hydroxylation is 1. The first kappa shape index (κ1) is 14.3. The van der Waals surface area contributed by atoms with Gasteiger partial charge in [-0.25, -0.2) is 0 Å². The molecule has 0 bridgehead atoms. The molecule has 0 amide bonds. The standard InChI is InChI=1S/C18H21Br/c1-15(14-17-10-12-18(19)13-11-17)6-5-9-16-7-3-2-4-8-16/h2-4,7-8,10-13,15H,5-6,9,14H2,1H3. The van der Waals surface area contributed by atoms with Crippen LogP contribution in [-0.4, -0.2) is 0 Å². The van der Waals surface area contributed by atoms with E-state index >= 15 is 0 Å². The van der Waals surface area contributed by atoms with Crippen LogP contribution in [0.4, 0.5) is 0 Å². The van der Waals surface area contributed by atoms with Crippen molar-refractivity contribution in [3.8, 4) is 0 Å². The van der Waals surface area contributed by atoms with Gasteiger partial charge < -0.3 is 0 Å². The summed E-state index contributed by atoms with van der Waals surface area (Å²) < 4.78 is 1.16. The molecule has 0 aliphatic carbocycles. The van der Waals surface area contributed by atoms with Crippen molar-refractivity contribution in [2.75, 3.05) is 0 Å². The van der Waals surface area contributed by atoms with Crippen molar-refractivity contribution < 1.29 is 0 Å². The zero-order valence-corrected chi connectivity index (χ0v) is 13.1. The van der Waals surface area contributed by atoms with E-state index in [0.29, 0.717) is 0 Å². The number of rotatable bonds is 6. The van der Waals surface area contributed by atoms with Gasteiger partial charge in [-0.1, -0.05) is 71.7 Å². The van der Waals surface area contributed by atoms with Gasteiger partial charge in [0.1, 0.15) is 0 Å². The average Bonchev–Trinajstić information content (AvgIpc) is 2.43. The van der Waals surface area contributed by atoms with Crippen LogP contribution in [0.5, 0.6) is 0 Å². The minimum atomic E-state index is 0.755. The molecule has 100 valence electrons. The summed E-state index contributed by atoms with van der Waals surface area (Å²) in [7, 11) is 0. The third kappa shape index (κ3) is 5.20. The molecule has 1 heteroatoms. The summed E-state index contributed by atoms with van der Waals surface area (Å²) in [4.78, 5) is 0. The van der Waals surface area contributed by atoms with Crippen molar-refractivity contribution >= 4 is 15.9 Å². The second-order valence-corrected chi connectivity index (χ2v) is 6.23. The van der Waals surface area contributed by atoms with Crippen molar-refractivity contribution in [1.29, 1.82) is 0 Å². The fourth-order valence-electron chi connectivity index (χ4n) is 2.42. The lowest BCUT2D eigenvalue weighted by molar-refractivity contribution is 0.508. The van der Waals surface area contributed by atoms with Crippen molar-refractivity contribution in [3.63, 3.8) is 0 Å². The maximum Gasteiger partial charge on any atom is 0.0175 e. The maximum atomic E-state index is 3.48. The van der Waals surface area contributed by atoms with Crippen LogP contribution in [0.1, 0.15) is 30.9 Å². The quantitative estimate of drug-likeness (QED) is 0.646. The van der Waals surface area contributed by atoms with E-state index in [0.717, 1.165) is 10.4 Å².